The molecule has 0 bridgehead atoms. The van der Waals surface area contributed by atoms with E-state index >= 15 is 0 Å². The molecule has 94 valence electrons. The minimum Gasteiger partial charge on any atom is -0.481 e. The average molecular weight is 340 g/mol. The molecular formula is C9H10BrNO4S2. The van der Waals surface area contributed by atoms with Crippen molar-refractivity contribution in [1.29, 1.82) is 0 Å². The lowest BCUT2D eigenvalue weighted by atomic mass is 10.1. The Labute approximate surface area is 111 Å². The first kappa shape index (κ1) is 13.0. The predicted octanol–water partition coefficient (Wildman–Crippen LogP) is 1.61. The van der Waals surface area contributed by atoms with Crippen LogP contribution in [0.5, 0.6) is 0 Å². The van der Waals surface area contributed by atoms with Crippen molar-refractivity contribution in [2.75, 3.05) is 13.1 Å². The second-order valence-electron chi connectivity index (χ2n) is 3.75. The first-order valence-corrected chi connectivity index (χ1v) is 7.94. The third-order valence-corrected chi connectivity index (χ3v) is 6.60. The number of nitrogens with zero attached hydrogens (tertiary/aromatic N) is 1. The number of carbonyl (C=O) groups is 1. The van der Waals surface area contributed by atoms with Gasteiger partial charge in [-0.2, -0.15) is 4.31 Å². The summed E-state index contributed by atoms with van der Waals surface area (Å²) in [6.45, 7) is 0.335. The van der Waals surface area contributed by atoms with Crippen LogP contribution in [0.2, 0.25) is 0 Å². The van der Waals surface area contributed by atoms with Crippen LogP contribution in [0.4, 0.5) is 0 Å². The Kier molecular flexibility index (Phi) is 3.58. The van der Waals surface area contributed by atoms with Crippen molar-refractivity contribution in [3.63, 3.8) is 0 Å². The molecule has 0 amide bonds. The van der Waals surface area contributed by atoms with E-state index in [-0.39, 0.29) is 17.3 Å². The van der Waals surface area contributed by atoms with E-state index in [1.54, 1.807) is 6.07 Å². The van der Waals surface area contributed by atoms with E-state index in [0.717, 1.165) is 15.1 Å². The van der Waals surface area contributed by atoms with Crippen molar-refractivity contribution in [2.45, 2.75) is 10.6 Å². The summed E-state index contributed by atoms with van der Waals surface area (Å²) in [6.07, 6.45) is 0.376. The van der Waals surface area contributed by atoms with E-state index in [2.05, 4.69) is 15.9 Å². The molecule has 2 heterocycles. The number of hydrogen-bond acceptors (Lipinski definition) is 4. The van der Waals surface area contributed by atoms with Gasteiger partial charge < -0.3 is 5.11 Å². The van der Waals surface area contributed by atoms with Crippen LogP contribution in [0.25, 0.3) is 0 Å². The number of rotatable bonds is 3. The maximum atomic E-state index is 12.1. The van der Waals surface area contributed by atoms with Crippen LogP contribution in [0, 0.1) is 5.92 Å². The molecule has 0 aliphatic carbocycles. The molecule has 8 heteroatoms. The quantitative estimate of drug-likeness (QED) is 0.907. The summed E-state index contributed by atoms with van der Waals surface area (Å²) in [5.41, 5.74) is 0. The van der Waals surface area contributed by atoms with Gasteiger partial charge in [-0.1, -0.05) is 0 Å². The summed E-state index contributed by atoms with van der Waals surface area (Å²) in [4.78, 5) is 10.8. The third-order valence-electron chi connectivity index (χ3n) is 2.64. The molecule has 1 aliphatic heterocycles. The zero-order valence-electron chi connectivity index (χ0n) is 8.67. The summed E-state index contributed by atoms with van der Waals surface area (Å²) in [5.74, 6) is -1.52. The number of halogens is 1. The fourth-order valence-electron chi connectivity index (χ4n) is 1.71. The Bertz CT molecular complexity index is 539. The van der Waals surface area contributed by atoms with Crippen LogP contribution >= 0.6 is 27.3 Å². The zero-order chi connectivity index (χ0) is 12.6. The van der Waals surface area contributed by atoms with Crippen molar-refractivity contribution in [3.8, 4) is 0 Å². The third kappa shape index (κ3) is 2.54. The maximum Gasteiger partial charge on any atom is 0.307 e. The van der Waals surface area contributed by atoms with Crippen molar-refractivity contribution in [2.24, 2.45) is 5.92 Å². The van der Waals surface area contributed by atoms with Gasteiger partial charge in [0.1, 0.15) is 4.21 Å². The van der Waals surface area contributed by atoms with Gasteiger partial charge in [0.05, 0.1) is 9.70 Å². The van der Waals surface area contributed by atoms with Gasteiger partial charge in [-0.25, -0.2) is 8.42 Å². The fourth-order valence-corrected chi connectivity index (χ4v) is 5.38. The van der Waals surface area contributed by atoms with Crippen LogP contribution in [0.3, 0.4) is 0 Å². The SMILES string of the molecule is O=C(O)[C@H]1CCN(S(=O)(=O)c2ccc(Br)s2)C1. The number of hydrogen-bond donors (Lipinski definition) is 1. The largest absolute Gasteiger partial charge is 0.481 e. The van der Waals surface area contributed by atoms with E-state index in [0.29, 0.717) is 6.42 Å². The summed E-state index contributed by atoms with van der Waals surface area (Å²) >= 11 is 4.34. The van der Waals surface area contributed by atoms with Crippen LogP contribution in [0.15, 0.2) is 20.1 Å². The van der Waals surface area contributed by atoms with Crippen molar-refractivity contribution in [3.05, 3.63) is 15.9 Å². The molecule has 17 heavy (non-hydrogen) atoms. The molecule has 0 unspecified atom stereocenters. The Morgan fingerprint density at radius 2 is 2.24 bits per heavy atom. The van der Waals surface area contributed by atoms with E-state index < -0.39 is 21.9 Å². The molecule has 1 aromatic heterocycles. The summed E-state index contributed by atoms with van der Waals surface area (Å²) < 4.78 is 26.5. The molecule has 0 aromatic carbocycles. The highest BCUT2D eigenvalue weighted by Crippen LogP contribution is 2.31. The van der Waals surface area contributed by atoms with Gasteiger partial charge in [0.25, 0.3) is 10.0 Å². The van der Waals surface area contributed by atoms with E-state index in [1.165, 1.54) is 10.4 Å². The second-order valence-corrected chi connectivity index (χ2v) is 8.37. The monoisotopic (exact) mass is 339 g/mol. The highest BCUT2D eigenvalue weighted by atomic mass is 79.9. The molecule has 1 aliphatic rings. The lowest BCUT2D eigenvalue weighted by Crippen LogP contribution is -2.29. The Balaban J connectivity index is 2.21. The highest BCUT2D eigenvalue weighted by molar-refractivity contribution is 9.11. The molecule has 1 N–H and O–H groups in total. The smallest absolute Gasteiger partial charge is 0.307 e. The van der Waals surface area contributed by atoms with E-state index in [4.69, 9.17) is 5.11 Å². The van der Waals surface area contributed by atoms with Gasteiger partial charge in [0.15, 0.2) is 0 Å². The molecule has 0 saturated carbocycles. The summed E-state index contributed by atoms with van der Waals surface area (Å²) in [7, 11) is -3.53. The fraction of sp³-hybridized carbons (Fsp3) is 0.444. The van der Waals surface area contributed by atoms with Crippen LogP contribution in [-0.4, -0.2) is 36.9 Å². The van der Waals surface area contributed by atoms with Crippen molar-refractivity contribution >= 4 is 43.3 Å². The molecular weight excluding hydrogens is 330 g/mol. The first-order chi connectivity index (χ1) is 7.91. The van der Waals surface area contributed by atoms with Crippen LogP contribution in [-0.2, 0) is 14.8 Å². The minimum atomic E-state index is -3.53. The lowest BCUT2D eigenvalue weighted by Gasteiger charge is -2.14. The standard InChI is InChI=1S/C9H10BrNO4S2/c10-7-1-2-8(16-7)17(14,15)11-4-3-6(5-11)9(12)13/h1-2,6H,3-5H2,(H,12,13)/t6-/m0/s1. The van der Waals surface area contributed by atoms with Crippen molar-refractivity contribution < 1.29 is 18.3 Å². The Hall–Kier alpha value is -0.440. The van der Waals surface area contributed by atoms with Gasteiger partial charge >= 0.3 is 5.97 Å². The second kappa shape index (κ2) is 4.68. The average Bonchev–Trinajstić information content (AvgIpc) is 2.85. The first-order valence-electron chi connectivity index (χ1n) is 4.89. The highest BCUT2D eigenvalue weighted by Gasteiger charge is 2.36. The van der Waals surface area contributed by atoms with Gasteiger partial charge in [-0.05, 0) is 34.5 Å². The number of carboxylic acids is 1. The molecule has 1 fully saturated rings. The molecule has 0 radical (unpaired) electrons. The topological polar surface area (TPSA) is 74.7 Å². The zero-order valence-corrected chi connectivity index (χ0v) is 11.9. The Morgan fingerprint density at radius 1 is 1.53 bits per heavy atom. The maximum absolute atomic E-state index is 12.1. The molecule has 0 spiro atoms. The molecule has 5 nitrogen and oxygen atoms in total. The number of carboxylic acid groups (broad SMARTS) is 1. The van der Waals surface area contributed by atoms with Gasteiger partial charge in [0.2, 0.25) is 0 Å². The van der Waals surface area contributed by atoms with E-state index in [9.17, 15) is 13.2 Å². The number of aliphatic carboxylic acids is 1. The van der Waals surface area contributed by atoms with Gasteiger partial charge in [-0.15, -0.1) is 11.3 Å². The molecule has 1 atom stereocenters. The predicted molar refractivity (Wildman–Crippen MR) is 66.5 cm³/mol. The number of thiophene rings is 1. The molecule has 1 saturated heterocycles. The Morgan fingerprint density at radius 3 is 2.71 bits per heavy atom. The number of sulfonamides is 1. The van der Waals surface area contributed by atoms with Crippen molar-refractivity contribution in [1.82, 2.24) is 4.31 Å². The van der Waals surface area contributed by atoms with Gasteiger partial charge in [-0.3, -0.25) is 4.79 Å². The molecule has 2 rings (SSSR count). The van der Waals surface area contributed by atoms with Crippen LogP contribution in [0.1, 0.15) is 6.42 Å². The minimum absolute atomic E-state index is 0.0627. The van der Waals surface area contributed by atoms with E-state index in [1.807, 2.05) is 0 Å². The summed E-state index contributed by atoms with van der Waals surface area (Å²) in [5, 5.41) is 8.85. The normalized spacial score (nSPS) is 21.8. The molecule has 1 aromatic rings. The van der Waals surface area contributed by atoms with Crippen LogP contribution < -0.4 is 0 Å². The lowest BCUT2D eigenvalue weighted by molar-refractivity contribution is -0.141. The van der Waals surface area contributed by atoms with Gasteiger partial charge in [0, 0.05) is 13.1 Å². The summed E-state index contributed by atoms with van der Waals surface area (Å²) in [6, 6.07) is 3.19.